The molecule has 0 radical (unpaired) electrons. The van der Waals surface area contributed by atoms with Crippen LogP contribution in [0.4, 0.5) is 0 Å². The largest absolute Gasteiger partial charge is 0.289 e. The van der Waals surface area contributed by atoms with E-state index in [1.807, 2.05) is 48.6 Å². The van der Waals surface area contributed by atoms with Crippen molar-refractivity contribution in [2.75, 3.05) is 0 Å². The summed E-state index contributed by atoms with van der Waals surface area (Å²) in [6, 6.07) is 32.3. The van der Waals surface area contributed by atoms with Gasteiger partial charge in [-0.15, -0.1) is 11.3 Å². The maximum absolute atomic E-state index is 14.1. The summed E-state index contributed by atoms with van der Waals surface area (Å²) in [5.74, 6) is -0.302. The molecule has 7 heteroatoms. The molecular weight excluding hydrogens is 769 g/mol. The maximum Gasteiger partial charge on any atom is 0.194 e. The Hall–Kier alpha value is -7.16. The Balaban J connectivity index is 1.06. The molecule has 4 aromatic carbocycles. The van der Waals surface area contributed by atoms with Crippen LogP contribution in [-0.4, -0.2) is 11.6 Å². The number of rotatable bonds is 2. The standard InChI is InChI=1S/C54H36N4O2S/c55-27-33(28-56)49-37-11-3-5-13-39(37)51(59)43(49)23-35-19-31-21-47-41(25-45(31)53(35)15-7-1-8-16-53)42-26-46-32(22-48(42)61-47)20-36(54(46)17-9-2-10-18-54)24-44-50(34(29-57)30-58)38-12-4-6-14-40(38)52(44)60/h3-6,11-14,19-26H,1-2,7-10,15-18H2/b43-23-,44-24-. The topological polar surface area (TPSA) is 129 Å². The molecule has 0 aliphatic heterocycles. The summed E-state index contributed by atoms with van der Waals surface area (Å²) in [6.45, 7) is 0. The minimum Gasteiger partial charge on any atom is -0.289 e. The molecule has 0 N–H and O–H groups in total. The SMILES string of the molecule is N#CC(C#N)=C1/C(=C/C2=Cc3cc4sc5cc6c(cc5c4cc3C23CCCCC3)C2(CCCCC2)C(/C=C2\C(=O)c3ccccc3C2=C(C#N)C#N)=C6)C(=O)c2ccccc21. The number of nitrogens with zero attached hydrogens (tertiary/aromatic N) is 4. The molecule has 6 nitrogen and oxygen atoms in total. The summed E-state index contributed by atoms with van der Waals surface area (Å²) >= 11 is 1.78. The highest BCUT2D eigenvalue weighted by Gasteiger charge is 2.45. The third kappa shape index (κ3) is 5.15. The predicted molar refractivity (Wildman–Crippen MR) is 239 cm³/mol. The molecule has 0 amide bonds. The van der Waals surface area contributed by atoms with Crippen molar-refractivity contribution >= 4 is 66.4 Å². The summed E-state index contributed by atoms with van der Waals surface area (Å²) in [5.41, 5.74) is 10.4. The first kappa shape index (κ1) is 36.9. The molecule has 6 aliphatic carbocycles. The van der Waals surface area contributed by atoms with E-state index in [-0.39, 0.29) is 33.5 Å². The van der Waals surface area contributed by atoms with Gasteiger partial charge in [-0.2, -0.15) is 21.0 Å². The van der Waals surface area contributed by atoms with Crippen LogP contribution in [0.3, 0.4) is 0 Å². The molecule has 6 aliphatic rings. The molecule has 61 heavy (non-hydrogen) atoms. The molecule has 0 saturated heterocycles. The molecule has 1 heterocycles. The van der Waals surface area contributed by atoms with Crippen LogP contribution in [0.2, 0.25) is 0 Å². The molecule has 11 rings (SSSR count). The van der Waals surface area contributed by atoms with Gasteiger partial charge in [0.15, 0.2) is 11.6 Å². The van der Waals surface area contributed by atoms with Crippen LogP contribution in [0, 0.1) is 45.3 Å². The Morgan fingerprint density at radius 2 is 0.902 bits per heavy atom. The van der Waals surface area contributed by atoms with Gasteiger partial charge in [0.25, 0.3) is 0 Å². The van der Waals surface area contributed by atoms with Gasteiger partial charge in [0.2, 0.25) is 0 Å². The van der Waals surface area contributed by atoms with Gasteiger partial charge in [-0.3, -0.25) is 9.59 Å². The minimum atomic E-state index is -0.298. The first-order valence-corrected chi connectivity index (χ1v) is 22.0. The fourth-order valence-electron chi connectivity index (χ4n) is 11.7. The molecule has 2 fully saturated rings. The quantitative estimate of drug-likeness (QED) is 0.129. The summed E-state index contributed by atoms with van der Waals surface area (Å²) in [7, 11) is 0. The van der Waals surface area contributed by atoms with E-state index in [1.165, 1.54) is 31.3 Å². The van der Waals surface area contributed by atoms with Crippen molar-refractivity contribution < 1.29 is 9.59 Å². The number of hydrogen-bond donors (Lipinski definition) is 0. The van der Waals surface area contributed by atoms with E-state index >= 15 is 0 Å². The van der Waals surface area contributed by atoms with Gasteiger partial charge in [0, 0.05) is 64.4 Å². The summed E-state index contributed by atoms with van der Waals surface area (Å²) in [6.07, 6.45) is 18.8. The van der Waals surface area contributed by atoms with Gasteiger partial charge in [0.05, 0.1) is 0 Å². The Morgan fingerprint density at radius 1 is 0.525 bits per heavy atom. The van der Waals surface area contributed by atoms with E-state index < -0.39 is 0 Å². The highest BCUT2D eigenvalue weighted by molar-refractivity contribution is 7.25. The zero-order valence-electron chi connectivity index (χ0n) is 33.3. The minimum absolute atomic E-state index is 0.0478. The smallest absolute Gasteiger partial charge is 0.194 e. The third-order valence-corrected chi connectivity index (χ3v) is 15.6. The normalized spacial score (nSPS) is 20.3. The summed E-state index contributed by atoms with van der Waals surface area (Å²) in [5, 5.41) is 42.5. The fourth-order valence-corrected chi connectivity index (χ4v) is 12.8. The van der Waals surface area contributed by atoms with Crippen molar-refractivity contribution in [1.29, 1.82) is 21.0 Å². The number of fused-ring (bicyclic) bond motifs is 9. The number of nitriles is 4. The van der Waals surface area contributed by atoms with Crippen LogP contribution >= 0.6 is 11.3 Å². The number of allylic oxidation sites excluding steroid dienone is 10. The second-order valence-corrected chi connectivity index (χ2v) is 18.4. The van der Waals surface area contributed by atoms with Crippen molar-refractivity contribution in [3.8, 4) is 24.3 Å². The van der Waals surface area contributed by atoms with Gasteiger partial charge in [-0.05, 0) is 107 Å². The van der Waals surface area contributed by atoms with E-state index in [0.717, 1.165) is 86.5 Å². The molecule has 290 valence electrons. The lowest BCUT2D eigenvalue weighted by Crippen LogP contribution is -2.29. The molecule has 2 spiro atoms. The highest BCUT2D eigenvalue weighted by Crippen LogP contribution is 2.57. The van der Waals surface area contributed by atoms with Crippen molar-refractivity contribution in [2.24, 2.45) is 0 Å². The van der Waals surface area contributed by atoms with Gasteiger partial charge in [-0.1, -0.05) is 99.2 Å². The Labute approximate surface area is 357 Å². The molecular formula is C54H36N4O2S. The number of carbonyl (C=O) groups excluding carboxylic acids is 2. The number of hydrogen-bond acceptors (Lipinski definition) is 7. The summed E-state index contributed by atoms with van der Waals surface area (Å²) < 4.78 is 2.40. The number of Topliss-reactive ketones (excluding diaryl/α,β-unsaturated/α-hetero) is 2. The van der Waals surface area contributed by atoms with Crippen molar-refractivity contribution in [3.05, 3.63) is 163 Å². The van der Waals surface area contributed by atoms with Crippen LogP contribution < -0.4 is 0 Å². The first-order valence-electron chi connectivity index (χ1n) is 21.1. The Kier molecular flexibility index (Phi) is 8.28. The monoisotopic (exact) mass is 804 g/mol. The van der Waals surface area contributed by atoms with Gasteiger partial charge < -0.3 is 0 Å². The number of benzene rings is 4. The summed E-state index contributed by atoms with van der Waals surface area (Å²) in [4.78, 5) is 28.1. The van der Waals surface area contributed by atoms with E-state index in [9.17, 15) is 30.6 Å². The molecule has 1 aromatic heterocycles. The molecule has 0 atom stereocenters. The first-order chi connectivity index (χ1) is 29.8. The Bertz CT molecular complexity index is 3030. The number of thiophene rings is 1. The van der Waals surface area contributed by atoms with Crippen LogP contribution in [0.1, 0.15) is 118 Å². The second-order valence-electron chi connectivity index (χ2n) is 17.3. The predicted octanol–water partition coefficient (Wildman–Crippen LogP) is 12.5. The lowest BCUT2D eigenvalue weighted by molar-refractivity contribution is 0.103. The van der Waals surface area contributed by atoms with Gasteiger partial charge >= 0.3 is 0 Å². The average Bonchev–Trinajstić information content (AvgIpc) is 4.03. The molecule has 0 unspecified atom stereocenters. The maximum atomic E-state index is 14.1. The lowest BCUT2D eigenvalue weighted by Gasteiger charge is -2.37. The fraction of sp³-hybridized carbons (Fsp3) is 0.222. The third-order valence-electron chi connectivity index (χ3n) is 14.4. The van der Waals surface area contributed by atoms with E-state index in [1.54, 1.807) is 23.5 Å². The van der Waals surface area contributed by atoms with Crippen LogP contribution in [0.15, 0.2) is 118 Å². The van der Waals surface area contributed by atoms with E-state index in [2.05, 4.69) is 60.7 Å². The molecule has 0 bridgehead atoms. The van der Waals surface area contributed by atoms with Gasteiger partial charge in [0.1, 0.15) is 35.4 Å². The molecule has 5 aromatic rings. The van der Waals surface area contributed by atoms with Crippen molar-refractivity contribution in [2.45, 2.75) is 75.0 Å². The van der Waals surface area contributed by atoms with Crippen molar-refractivity contribution in [1.82, 2.24) is 0 Å². The number of carbonyl (C=O) groups is 2. The lowest BCUT2D eigenvalue weighted by atomic mass is 9.66. The number of ketones is 2. The zero-order valence-corrected chi connectivity index (χ0v) is 34.1. The van der Waals surface area contributed by atoms with E-state index in [0.29, 0.717) is 44.5 Å². The van der Waals surface area contributed by atoms with Crippen LogP contribution in [0.5, 0.6) is 0 Å². The molecule has 2 saturated carbocycles. The van der Waals surface area contributed by atoms with Gasteiger partial charge in [-0.25, -0.2) is 0 Å². The Morgan fingerprint density at radius 3 is 1.28 bits per heavy atom. The second kappa shape index (κ2) is 13.7. The highest BCUT2D eigenvalue weighted by atomic mass is 32.1. The zero-order chi connectivity index (χ0) is 41.6. The average molecular weight is 805 g/mol. The van der Waals surface area contributed by atoms with Crippen LogP contribution in [0.25, 0.3) is 43.5 Å². The van der Waals surface area contributed by atoms with Crippen molar-refractivity contribution in [3.63, 3.8) is 0 Å². The van der Waals surface area contributed by atoms with Crippen LogP contribution in [-0.2, 0) is 10.8 Å². The van der Waals surface area contributed by atoms with E-state index in [4.69, 9.17) is 0 Å².